The van der Waals surface area contributed by atoms with Crippen LogP contribution < -0.4 is 5.32 Å². The number of piperazine rings is 1. The maximum atomic E-state index is 12.1. The summed E-state index contributed by atoms with van der Waals surface area (Å²) in [7, 11) is 0. The molecule has 104 valence electrons. The highest BCUT2D eigenvalue weighted by atomic mass is 16.5. The second-order valence-corrected chi connectivity index (χ2v) is 5.73. The van der Waals surface area contributed by atoms with E-state index in [1.165, 1.54) is 0 Å². The predicted octanol–water partition coefficient (Wildman–Crippen LogP) is -0.0809. The van der Waals surface area contributed by atoms with Gasteiger partial charge in [-0.15, -0.1) is 0 Å². The predicted molar refractivity (Wildman–Crippen MR) is 70.5 cm³/mol. The smallest absolute Gasteiger partial charge is 0.223 e. The van der Waals surface area contributed by atoms with Crippen molar-refractivity contribution in [1.82, 2.24) is 15.1 Å². The second kappa shape index (κ2) is 5.99. The average molecular weight is 255 g/mol. The Kier molecular flexibility index (Phi) is 4.59. The van der Waals surface area contributed by atoms with Crippen LogP contribution >= 0.6 is 0 Å². The van der Waals surface area contributed by atoms with Gasteiger partial charge in [-0.3, -0.25) is 9.69 Å². The number of carbonyl (C=O) groups excluding carboxylic acids is 1. The molecule has 1 amide bonds. The van der Waals surface area contributed by atoms with Crippen molar-refractivity contribution in [3.05, 3.63) is 0 Å². The lowest BCUT2D eigenvalue weighted by molar-refractivity contribution is -0.133. The Bertz CT molecular complexity index is 288. The zero-order valence-corrected chi connectivity index (χ0v) is 11.6. The Labute approximate surface area is 109 Å². The molecule has 0 radical (unpaired) electrons. The molecule has 2 aliphatic rings. The van der Waals surface area contributed by atoms with E-state index in [9.17, 15) is 4.79 Å². The van der Waals surface area contributed by atoms with Crippen molar-refractivity contribution in [2.45, 2.75) is 25.8 Å². The van der Waals surface area contributed by atoms with Crippen molar-refractivity contribution in [3.8, 4) is 0 Å². The van der Waals surface area contributed by atoms with Gasteiger partial charge in [-0.05, 0) is 13.8 Å². The zero-order valence-electron chi connectivity index (χ0n) is 11.6. The molecule has 0 unspecified atom stereocenters. The lowest BCUT2D eigenvalue weighted by Gasteiger charge is -2.42. The van der Waals surface area contributed by atoms with E-state index in [-0.39, 0.29) is 5.54 Å². The molecular formula is C13H25N3O2. The minimum atomic E-state index is 0.0575. The van der Waals surface area contributed by atoms with E-state index in [2.05, 4.69) is 24.1 Å². The molecule has 2 aliphatic heterocycles. The van der Waals surface area contributed by atoms with Crippen LogP contribution in [0.25, 0.3) is 0 Å². The summed E-state index contributed by atoms with van der Waals surface area (Å²) in [4.78, 5) is 16.4. The number of morpholine rings is 1. The zero-order chi connectivity index (χ0) is 13.0. The molecule has 0 atom stereocenters. The Balaban J connectivity index is 1.77. The van der Waals surface area contributed by atoms with E-state index < -0.39 is 0 Å². The van der Waals surface area contributed by atoms with Crippen molar-refractivity contribution in [2.24, 2.45) is 0 Å². The number of hydrogen-bond donors (Lipinski definition) is 1. The lowest BCUT2D eigenvalue weighted by Crippen LogP contribution is -2.54. The van der Waals surface area contributed by atoms with Crippen molar-refractivity contribution in [1.29, 1.82) is 0 Å². The number of hydrogen-bond acceptors (Lipinski definition) is 4. The molecule has 0 spiro atoms. The normalized spacial score (nSPS) is 25.1. The Morgan fingerprint density at radius 3 is 2.67 bits per heavy atom. The molecule has 0 saturated carbocycles. The third-order valence-corrected chi connectivity index (χ3v) is 3.88. The van der Waals surface area contributed by atoms with Crippen LogP contribution in [0.1, 0.15) is 20.3 Å². The SMILES string of the molecule is CC1(C)COCCN1CCC(=O)N1CCNCC1. The van der Waals surface area contributed by atoms with Crippen LogP contribution in [-0.4, -0.2) is 73.7 Å². The first-order valence-corrected chi connectivity index (χ1v) is 6.91. The van der Waals surface area contributed by atoms with Crippen LogP contribution in [0.2, 0.25) is 0 Å². The number of amides is 1. The number of carbonyl (C=O) groups is 1. The summed E-state index contributed by atoms with van der Waals surface area (Å²) in [6.07, 6.45) is 0.628. The molecular weight excluding hydrogens is 230 g/mol. The van der Waals surface area contributed by atoms with Crippen LogP contribution in [0.4, 0.5) is 0 Å². The van der Waals surface area contributed by atoms with Gasteiger partial charge in [0.15, 0.2) is 0 Å². The molecule has 5 nitrogen and oxygen atoms in total. The fourth-order valence-electron chi connectivity index (χ4n) is 2.61. The van der Waals surface area contributed by atoms with Gasteiger partial charge in [-0.25, -0.2) is 0 Å². The van der Waals surface area contributed by atoms with Crippen LogP contribution in [0, 0.1) is 0 Å². The van der Waals surface area contributed by atoms with E-state index in [0.717, 1.165) is 52.5 Å². The van der Waals surface area contributed by atoms with Gasteiger partial charge in [0.25, 0.3) is 0 Å². The van der Waals surface area contributed by atoms with E-state index in [1.54, 1.807) is 0 Å². The molecule has 1 N–H and O–H groups in total. The second-order valence-electron chi connectivity index (χ2n) is 5.73. The number of ether oxygens (including phenoxy) is 1. The monoisotopic (exact) mass is 255 g/mol. The number of nitrogens with zero attached hydrogens (tertiary/aromatic N) is 2. The summed E-state index contributed by atoms with van der Waals surface area (Å²) in [6, 6.07) is 0. The maximum absolute atomic E-state index is 12.1. The van der Waals surface area contributed by atoms with Crippen molar-refractivity contribution >= 4 is 5.91 Å². The van der Waals surface area contributed by atoms with Crippen LogP contribution in [0.5, 0.6) is 0 Å². The molecule has 0 aromatic carbocycles. The molecule has 5 heteroatoms. The lowest BCUT2D eigenvalue weighted by atomic mass is 10.0. The van der Waals surface area contributed by atoms with Crippen LogP contribution in [-0.2, 0) is 9.53 Å². The van der Waals surface area contributed by atoms with Gasteiger partial charge in [-0.1, -0.05) is 0 Å². The van der Waals surface area contributed by atoms with E-state index in [1.807, 2.05) is 4.90 Å². The first-order valence-electron chi connectivity index (χ1n) is 6.91. The number of nitrogens with one attached hydrogen (secondary N) is 1. The summed E-state index contributed by atoms with van der Waals surface area (Å²) in [5, 5.41) is 3.27. The third kappa shape index (κ3) is 3.43. The van der Waals surface area contributed by atoms with Crippen LogP contribution in [0.15, 0.2) is 0 Å². The standard InChI is InChI=1S/C13H25N3O2/c1-13(2)11-18-10-9-16(13)6-3-12(17)15-7-4-14-5-8-15/h14H,3-11H2,1-2H3. The van der Waals surface area contributed by atoms with Crippen molar-refractivity contribution in [3.63, 3.8) is 0 Å². The summed E-state index contributed by atoms with van der Waals surface area (Å²) in [5.74, 6) is 0.291. The van der Waals surface area contributed by atoms with E-state index >= 15 is 0 Å². The fraction of sp³-hybridized carbons (Fsp3) is 0.923. The fourth-order valence-corrected chi connectivity index (χ4v) is 2.61. The van der Waals surface area contributed by atoms with Gasteiger partial charge in [-0.2, -0.15) is 0 Å². The highest BCUT2D eigenvalue weighted by Crippen LogP contribution is 2.19. The van der Waals surface area contributed by atoms with Gasteiger partial charge in [0.1, 0.15) is 0 Å². The maximum Gasteiger partial charge on any atom is 0.223 e. The first-order chi connectivity index (χ1) is 8.59. The average Bonchev–Trinajstić information content (AvgIpc) is 2.38. The molecule has 0 aliphatic carbocycles. The van der Waals surface area contributed by atoms with Gasteiger partial charge in [0.05, 0.1) is 13.2 Å². The summed E-state index contributed by atoms with van der Waals surface area (Å²) >= 11 is 0. The Hall–Kier alpha value is -0.650. The van der Waals surface area contributed by atoms with Gasteiger partial charge in [0.2, 0.25) is 5.91 Å². The highest BCUT2D eigenvalue weighted by Gasteiger charge is 2.30. The Morgan fingerprint density at radius 1 is 1.28 bits per heavy atom. The molecule has 0 bridgehead atoms. The van der Waals surface area contributed by atoms with E-state index in [4.69, 9.17) is 4.74 Å². The minimum absolute atomic E-state index is 0.0575. The van der Waals surface area contributed by atoms with Crippen LogP contribution in [0.3, 0.4) is 0 Å². The van der Waals surface area contributed by atoms with Crippen molar-refractivity contribution in [2.75, 3.05) is 52.5 Å². The van der Waals surface area contributed by atoms with Gasteiger partial charge in [0, 0.05) is 51.2 Å². The van der Waals surface area contributed by atoms with E-state index in [0.29, 0.717) is 12.3 Å². The first kappa shape index (κ1) is 13.8. The Morgan fingerprint density at radius 2 is 2.00 bits per heavy atom. The number of rotatable bonds is 3. The van der Waals surface area contributed by atoms with Gasteiger partial charge >= 0.3 is 0 Å². The van der Waals surface area contributed by atoms with Gasteiger partial charge < -0.3 is 15.0 Å². The third-order valence-electron chi connectivity index (χ3n) is 3.88. The quantitative estimate of drug-likeness (QED) is 0.766. The summed E-state index contributed by atoms with van der Waals surface area (Å²) in [6.45, 7) is 11.2. The topological polar surface area (TPSA) is 44.8 Å². The molecule has 2 heterocycles. The molecule has 2 fully saturated rings. The summed E-state index contributed by atoms with van der Waals surface area (Å²) in [5.41, 5.74) is 0.0575. The van der Waals surface area contributed by atoms with Crippen molar-refractivity contribution < 1.29 is 9.53 Å². The minimum Gasteiger partial charge on any atom is -0.378 e. The molecule has 0 aromatic rings. The molecule has 18 heavy (non-hydrogen) atoms. The summed E-state index contributed by atoms with van der Waals surface area (Å²) < 4.78 is 5.49. The molecule has 0 aromatic heterocycles. The molecule has 2 saturated heterocycles. The largest absolute Gasteiger partial charge is 0.378 e. The molecule has 2 rings (SSSR count). The highest BCUT2D eigenvalue weighted by molar-refractivity contribution is 5.76.